The molecule has 9 heteroatoms. The van der Waals surface area contributed by atoms with Crippen LogP contribution in [-0.4, -0.2) is 64.6 Å². The summed E-state index contributed by atoms with van der Waals surface area (Å²) in [4.78, 5) is 26.3. The van der Waals surface area contributed by atoms with Crippen LogP contribution in [0, 0.1) is 5.82 Å². The number of fused-ring (bicyclic) bond motifs is 1. The maximum Gasteiger partial charge on any atom is 0.231 e. The number of aliphatic hydroxyl groups is 1. The molecule has 7 nitrogen and oxygen atoms in total. The van der Waals surface area contributed by atoms with E-state index < -0.39 is 12.0 Å². The third-order valence-electron chi connectivity index (χ3n) is 6.54. The maximum absolute atomic E-state index is 14.8. The third-order valence-corrected chi connectivity index (χ3v) is 7.03. The predicted octanol–water partition coefficient (Wildman–Crippen LogP) is 3.35. The zero-order valence-corrected chi connectivity index (χ0v) is 20.8. The van der Waals surface area contributed by atoms with Gasteiger partial charge in [0.2, 0.25) is 5.91 Å². The summed E-state index contributed by atoms with van der Waals surface area (Å²) in [6, 6.07) is 5.07. The van der Waals surface area contributed by atoms with Crippen molar-refractivity contribution in [1.82, 2.24) is 20.2 Å². The topological polar surface area (TPSA) is 81.6 Å². The number of rotatable bonds is 6. The molecule has 4 rings (SSSR count). The Morgan fingerprint density at radius 3 is 2.67 bits per heavy atom. The van der Waals surface area contributed by atoms with Crippen molar-refractivity contribution in [3.8, 4) is 0 Å². The van der Waals surface area contributed by atoms with E-state index in [1.165, 1.54) is 12.4 Å². The quantitative estimate of drug-likeness (QED) is 0.608. The zero-order valence-electron chi connectivity index (χ0n) is 19.3. The van der Waals surface area contributed by atoms with Gasteiger partial charge in [0.25, 0.3) is 0 Å². The Hall–Kier alpha value is -2.10. The predicted molar refractivity (Wildman–Crippen MR) is 129 cm³/mol. The van der Waals surface area contributed by atoms with Crippen molar-refractivity contribution in [3.63, 3.8) is 0 Å². The number of carbonyl (C=O) groups excluding carboxylic acids is 1. The molecule has 1 aliphatic heterocycles. The molecule has 2 aromatic rings. The van der Waals surface area contributed by atoms with Crippen LogP contribution in [0.5, 0.6) is 0 Å². The van der Waals surface area contributed by atoms with Gasteiger partial charge in [-0.05, 0) is 24.5 Å². The van der Waals surface area contributed by atoms with E-state index in [9.17, 15) is 14.3 Å². The van der Waals surface area contributed by atoms with Gasteiger partial charge in [-0.2, -0.15) is 0 Å². The lowest BCUT2D eigenvalue weighted by molar-refractivity contribution is -0.133. The van der Waals surface area contributed by atoms with Crippen LogP contribution >= 0.6 is 15.9 Å². The zero-order chi connectivity index (χ0) is 23.7. The van der Waals surface area contributed by atoms with Crippen molar-refractivity contribution in [1.29, 1.82) is 0 Å². The molecule has 1 amide bonds. The first-order valence-corrected chi connectivity index (χ1v) is 12.3. The molecule has 2 N–H and O–H groups in total. The van der Waals surface area contributed by atoms with E-state index in [0.717, 1.165) is 17.1 Å². The highest BCUT2D eigenvalue weighted by atomic mass is 79.9. The van der Waals surface area contributed by atoms with E-state index in [1.54, 1.807) is 12.1 Å². The van der Waals surface area contributed by atoms with E-state index in [1.807, 2.05) is 18.7 Å². The minimum absolute atomic E-state index is 0.0688. The summed E-state index contributed by atoms with van der Waals surface area (Å²) in [6.07, 6.45) is 1.62. The fourth-order valence-electron chi connectivity index (χ4n) is 4.78. The number of aliphatic hydroxyl groups excluding tert-OH is 1. The van der Waals surface area contributed by atoms with Gasteiger partial charge in [0.15, 0.2) is 0 Å². The van der Waals surface area contributed by atoms with Gasteiger partial charge >= 0.3 is 0 Å². The molecule has 3 atom stereocenters. The molecule has 1 aromatic carbocycles. The number of aromatic nitrogens is 2. The molecule has 2 aliphatic rings. The molecule has 0 bridgehead atoms. The second kappa shape index (κ2) is 10.0. The summed E-state index contributed by atoms with van der Waals surface area (Å²) in [5.74, 6) is 0.00751. The van der Waals surface area contributed by atoms with Crippen LogP contribution in [0.15, 0.2) is 29.0 Å². The average molecular weight is 520 g/mol. The number of hydrogen-bond donors (Lipinski definition) is 2. The van der Waals surface area contributed by atoms with E-state index in [4.69, 9.17) is 0 Å². The monoisotopic (exact) mass is 519 g/mol. The summed E-state index contributed by atoms with van der Waals surface area (Å²) in [5, 5.41) is 13.6. The van der Waals surface area contributed by atoms with Crippen LogP contribution in [0.3, 0.4) is 0 Å². The molecule has 178 valence electrons. The largest absolute Gasteiger partial charge is 0.387 e. The highest BCUT2D eigenvalue weighted by Gasteiger charge is 2.35. The molecule has 2 heterocycles. The highest BCUT2D eigenvalue weighted by molar-refractivity contribution is 9.10. The molecule has 0 unspecified atom stereocenters. The van der Waals surface area contributed by atoms with Crippen LogP contribution in [0.2, 0.25) is 0 Å². The van der Waals surface area contributed by atoms with Gasteiger partial charge in [-0.3, -0.25) is 4.79 Å². The Bertz CT molecular complexity index is 1010. The van der Waals surface area contributed by atoms with Crippen LogP contribution in [0.25, 0.3) is 0 Å². The SMILES string of the molecule is CC(C)NC[C@@H](C(=O)N1CCN(c2ncnc3c2[C@H](C)C[C@@H]3O)CC1)c1ccc(Br)cc1F. The fourth-order valence-corrected chi connectivity index (χ4v) is 5.11. The average Bonchev–Trinajstić information content (AvgIpc) is 3.08. The second-order valence-electron chi connectivity index (χ2n) is 9.24. The summed E-state index contributed by atoms with van der Waals surface area (Å²) in [5.41, 5.74) is 2.15. The lowest BCUT2D eigenvalue weighted by Gasteiger charge is -2.38. The van der Waals surface area contributed by atoms with Gasteiger partial charge in [-0.25, -0.2) is 14.4 Å². The van der Waals surface area contributed by atoms with Crippen molar-refractivity contribution in [2.75, 3.05) is 37.6 Å². The molecule has 33 heavy (non-hydrogen) atoms. The number of nitrogens with one attached hydrogen (secondary N) is 1. The molecule has 1 aromatic heterocycles. The first-order chi connectivity index (χ1) is 15.8. The minimum Gasteiger partial charge on any atom is -0.387 e. The number of piperazine rings is 1. The Labute approximate surface area is 202 Å². The van der Waals surface area contributed by atoms with Crippen molar-refractivity contribution >= 4 is 27.7 Å². The number of hydrogen-bond acceptors (Lipinski definition) is 6. The van der Waals surface area contributed by atoms with Crippen molar-refractivity contribution in [2.24, 2.45) is 0 Å². The Balaban J connectivity index is 1.50. The number of halogens is 2. The standard InChI is InChI=1S/C24H31BrFN5O2/c1-14(2)27-12-18(17-5-4-16(25)11-19(17)26)24(33)31-8-6-30(7-9-31)23-21-15(3)10-20(32)22(21)28-13-29-23/h4-5,11,13-15,18,20,27,32H,6-10,12H2,1-3H3/t15-,18-,20+/m1/s1. The normalized spacial score (nSPS) is 21.4. The lowest BCUT2D eigenvalue weighted by Crippen LogP contribution is -2.51. The molecule has 1 aliphatic carbocycles. The van der Waals surface area contributed by atoms with E-state index >= 15 is 0 Å². The molecular weight excluding hydrogens is 489 g/mol. The third kappa shape index (κ3) is 5.05. The van der Waals surface area contributed by atoms with Gasteiger partial charge in [0, 0.05) is 54.4 Å². The van der Waals surface area contributed by atoms with Crippen molar-refractivity contribution in [3.05, 3.63) is 51.6 Å². The molecular formula is C24H31BrFN5O2. The van der Waals surface area contributed by atoms with E-state index in [-0.39, 0.29) is 23.7 Å². The first kappa shape index (κ1) is 24.0. The molecule has 0 saturated carbocycles. The van der Waals surface area contributed by atoms with Gasteiger partial charge in [-0.15, -0.1) is 0 Å². The Morgan fingerprint density at radius 1 is 1.27 bits per heavy atom. The van der Waals surface area contributed by atoms with Crippen LogP contribution < -0.4 is 10.2 Å². The first-order valence-electron chi connectivity index (χ1n) is 11.5. The van der Waals surface area contributed by atoms with Gasteiger partial charge < -0.3 is 20.2 Å². The van der Waals surface area contributed by atoms with E-state index in [0.29, 0.717) is 49.2 Å². The van der Waals surface area contributed by atoms with Gasteiger partial charge in [0.05, 0.1) is 17.7 Å². The molecule has 1 saturated heterocycles. The van der Waals surface area contributed by atoms with Crippen LogP contribution in [0.4, 0.5) is 10.2 Å². The molecule has 1 fully saturated rings. The van der Waals surface area contributed by atoms with Gasteiger partial charge in [-0.1, -0.05) is 42.8 Å². The maximum atomic E-state index is 14.8. The van der Waals surface area contributed by atoms with Crippen molar-refractivity contribution in [2.45, 2.75) is 51.2 Å². The van der Waals surface area contributed by atoms with Crippen LogP contribution in [-0.2, 0) is 4.79 Å². The number of amides is 1. The Morgan fingerprint density at radius 2 is 2.00 bits per heavy atom. The summed E-state index contributed by atoms with van der Waals surface area (Å²) in [6.45, 7) is 8.81. The number of anilines is 1. The summed E-state index contributed by atoms with van der Waals surface area (Å²) < 4.78 is 15.4. The smallest absolute Gasteiger partial charge is 0.231 e. The van der Waals surface area contributed by atoms with Crippen molar-refractivity contribution < 1.29 is 14.3 Å². The number of nitrogens with zero attached hydrogens (tertiary/aromatic N) is 4. The molecule has 0 radical (unpaired) electrons. The second-order valence-corrected chi connectivity index (χ2v) is 10.2. The lowest BCUT2D eigenvalue weighted by atomic mass is 9.96. The Kier molecular flexibility index (Phi) is 7.31. The minimum atomic E-state index is -0.592. The fraction of sp³-hybridized carbons (Fsp3) is 0.542. The molecule has 0 spiro atoms. The highest BCUT2D eigenvalue weighted by Crippen LogP contribution is 2.42. The number of benzene rings is 1. The number of carbonyl (C=O) groups is 1. The summed E-state index contributed by atoms with van der Waals surface area (Å²) >= 11 is 3.30. The van der Waals surface area contributed by atoms with Gasteiger partial charge in [0.1, 0.15) is 18.0 Å². The summed E-state index contributed by atoms with van der Waals surface area (Å²) in [7, 11) is 0. The van der Waals surface area contributed by atoms with E-state index in [2.05, 4.69) is 43.0 Å². The van der Waals surface area contributed by atoms with Crippen LogP contribution in [0.1, 0.15) is 62.0 Å².